The van der Waals surface area contributed by atoms with Crippen LogP contribution in [0.2, 0.25) is 17.3 Å². The van der Waals surface area contributed by atoms with Crippen molar-refractivity contribution in [3.05, 3.63) is 151 Å². The summed E-state index contributed by atoms with van der Waals surface area (Å²) in [5.74, 6) is 7.14. The molecule has 9 rings (SSSR count). The fourth-order valence-electron chi connectivity index (χ4n) is 6.55. The van der Waals surface area contributed by atoms with Gasteiger partial charge in [-0.15, -0.1) is 18.2 Å². The summed E-state index contributed by atoms with van der Waals surface area (Å²) in [4.78, 5) is 9.11. The van der Waals surface area contributed by atoms with Crippen LogP contribution in [-0.2, 0) is 20.1 Å². The number of nitrogens with zero attached hydrogens (tertiary/aromatic N) is 2. The molecule has 0 saturated carbocycles. The second-order valence-electron chi connectivity index (χ2n) is 13.4. The SMILES string of the molecule is Cc1ccnc(-c2[c-]ccc3c2oc2cc4c5ccccc5c5ccccc5c4cc23)c1.[CH3][Ge]([CH3])([CH3])[c]1ccc(-c2[c-]cccc2)nc1.[Ir]. The van der Waals surface area contributed by atoms with Crippen LogP contribution in [0.4, 0.5) is 0 Å². The van der Waals surface area contributed by atoms with Crippen molar-refractivity contribution >= 4 is 71.9 Å². The van der Waals surface area contributed by atoms with E-state index in [2.05, 4.69) is 131 Å². The van der Waals surface area contributed by atoms with Crippen LogP contribution in [0.5, 0.6) is 0 Å². The molecule has 0 amide bonds. The van der Waals surface area contributed by atoms with E-state index in [0.717, 1.165) is 44.5 Å². The number of hydrogen-bond donors (Lipinski definition) is 0. The van der Waals surface area contributed by atoms with Crippen molar-refractivity contribution < 1.29 is 24.5 Å². The second-order valence-corrected chi connectivity index (χ2v) is 24.0. The Morgan fingerprint density at radius 3 is 1.86 bits per heavy atom. The molecule has 3 aromatic heterocycles. The van der Waals surface area contributed by atoms with Gasteiger partial charge in [-0.1, -0.05) is 71.1 Å². The molecule has 0 saturated heterocycles. The van der Waals surface area contributed by atoms with E-state index >= 15 is 0 Å². The van der Waals surface area contributed by atoms with Gasteiger partial charge in [0.25, 0.3) is 0 Å². The molecule has 0 aliphatic rings. The van der Waals surface area contributed by atoms with Crippen LogP contribution in [0.3, 0.4) is 0 Å². The number of fused-ring (bicyclic) bond motifs is 9. The van der Waals surface area contributed by atoms with Gasteiger partial charge in [0.2, 0.25) is 0 Å². The molecule has 9 aromatic rings. The number of hydrogen-bond acceptors (Lipinski definition) is 3. The first-order valence-corrected chi connectivity index (χ1v) is 23.7. The van der Waals surface area contributed by atoms with Crippen molar-refractivity contribution in [1.82, 2.24) is 9.97 Å². The first-order chi connectivity index (χ1) is 23.3. The van der Waals surface area contributed by atoms with Crippen LogP contribution in [0.15, 0.2) is 138 Å². The molecule has 0 bridgehead atoms. The molecule has 49 heavy (non-hydrogen) atoms. The number of pyridine rings is 2. The molecule has 5 heteroatoms. The molecule has 0 aliphatic carbocycles. The van der Waals surface area contributed by atoms with Gasteiger partial charge in [-0.25, -0.2) is 0 Å². The molecule has 241 valence electrons. The van der Waals surface area contributed by atoms with Gasteiger partial charge < -0.3 is 9.40 Å². The van der Waals surface area contributed by atoms with Gasteiger partial charge in [0.15, 0.2) is 0 Å². The maximum Gasteiger partial charge on any atom is 0 e. The average Bonchev–Trinajstić information content (AvgIpc) is 3.49. The third-order valence-corrected chi connectivity index (χ3v) is 13.3. The predicted molar refractivity (Wildman–Crippen MR) is 205 cm³/mol. The summed E-state index contributed by atoms with van der Waals surface area (Å²) in [6.45, 7) is 2.08. The largest absolute Gasteiger partial charge is 0 e. The molecular formula is C44H34GeIrN2O-2. The smallest absolute Gasteiger partial charge is 0 e. The van der Waals surface area contributed by atoms with Crippen LogP contribution in [0.1, 0.15) is 5.56 Å². The third kappa shape index (κ3) is 6.21. The zero-order valence-corrected chi connectivity index (χ0v) is 32.3. The Morgan fingerprint density at radius 1 is 0.571 bits per heavy atom. The van der Waals surface area contributed by atoms with E-state index in [9.17, 15) is 0 Å². The predicted octanol–water partition coefficient (Wildman–Crippen LogP) is 11.3. The van der Waals surface area contributed by atoms with Crippen molar-refractivity contribution in [1.29, 1.82) is 0 Å². The molecule has 0 aliphatic heterocycles. The molecular weight excluding hydrogens is 837 g/mol. The van der Waals surface area contributed by atoms with E-state index in [-0.39, 0.29) is 20.1 Å². The summed E-state index contributed by atoms with van der Waals surface area (Å²) in [6.07, 6.45) is 3.88. The molecule has 0 spiro atoms. The number of benzene rings is 6. The Balaban J connectivity index is 0.000000189. The minimum absolute atomic E-state index is 0. The van der Waals surface area contributed by atoms with Gasteiger partial charge >= 0.3 is 99.8 Å². The van der Waals surface area contributed by atoms with Crippen LogP contribution in [-0.4, -0.2) is 23.2 Å². The van der Waals surface area contributed by atoms with E-state index in [4.69, 9.17) is 4.42 Å². The fraction of sp³-hybridized carbons (Fsp3) is 0.0909. The van der Waals surface area contributed by atoms with E-state index in [1.807, 2.05) is 48.8 Å². The Kier molecular flexibility index (Phi) is 8.98. The maximum atomic E-state index is 6.48. The molecule has 1 radical (unpaired) electrons. The molecule has 0 N–H and O–H groups in total. The Bertz CT molecular complexity index is 2610. The molecule has 6 aromatic carbocycles. The quantitative estimate of drug-likeness (QED) is 0.101. The van der Waals surface area contributed by atoms with Crippen molar-refractivity contribution in [2.45, 2.75) is 24.2 Å². The first-order valence-electron chi connectivity index (χ1n) is 16.3. The van der Waals surface area contributed by atoms with E-state index in [0.29, 0.717) is 0 Å². The van der Waals surface area contributed by atoms with Crippen molar-refractivity contribution in [2.75, 3.05) is 0 Å². The topological polar surface area (TPSA) is 38.9 Å². The van der Waals surface area contributed by atoms with Crippen molar-refractivity contribution in [3.8, 4) is 22.5 Å². The monoisotopic (exact) mass is 873 g/mol. The third-order valence-electron chi connectivity index (χ3n) is 9.08. The summed E-state index contributed by atoms with van der Waals surface area (Å²) in [6, 6.07) is 48.8. The molecule has 0 unspecified atom stereocenters. The van der Waals surface area contributed by atoms with Crippen LogP contribution < -0.4 is 4.40 Å². The van der Waals surface area contributed by atoms with Crippen LogP contribution in [0, 0.1) is 19.1 Å². The Morgan fingerprint density at radius 2 is 1.24 bits per heavy atom. The zero-order valence-electron chi connectivity index (χ0n) is 27.8. The molecule has 0 atom stereocenters. The van der Waals surface area contributed by atoms with Gasteiger partial charge in [0.05, 0.1) is 5.58 Å². The number of aromatic nitrogens is 2. The zero-order chi connectivity index (χ0) is 32.8. The van der Waals surface area contributed by atoms with Crippen LogP contribution >= 0.6 is 0 Å². The summed E-state index contributed by atoms with van der Waals surface area (Å²) in [5.41, 5.74) is 6.76. The number of aryl methyl sites for hydroxylation is 1. The average molecular weight is 872 g/mol. The van der Waals surface area contributed by atoms with Gasteiger partial charge in [-0.3, -0.25) is 0 Å². The summed E-state index contributed by atoms with van der Waals surface area (Å²) in [7, 11) is 0. The van der Waals surface area contributed by atoms with Gasteiger partial charge in [0.1, 0.15) is 5.58 Å². The maximum absolute atomic E-state index is 6.48. The standard InChI is InChI=1S/C30H18NO.C14H16GeN.Ir/c1-18-13-14-31-28(15-18)24-12-6-11-23-27-16-25-21-9-4-2-7-19(21)20-8-3-5-10-22(20)26(25)17-29(27)32-30(23)24;1-15(2,3)13-9-10-14(16-11-13)12-7-5-4-6-8-12;/h2-11,13-17H,1H3;4-7,9-11H,1-3H3;/q2*-1;. The first kappa shape index (κ1) is 32.9. The minimum Gasteiger partial charge on any atom is 0 e. The number of furan rings is 1. The van der Waals surface area contributed by atoms with E-state index in [1.165, 1.54) is 42.3 Å². The summed E-state index contributed by atoms with van der Waals surface area (Å²) >= 11 is -1.72. The van der Waals surface area contributed by atoms with E-state index < -0.39 is 13.3 Å². The van der Waals surface area contributed by atoms with Crippen LogP contribution in [0.25, 0.3) is 76.8 Å². The van der Waals surface area contributed by atoms with Gasteiger partial charge in [-0.2, -0.15) is 0 Å². The Labute approximate surface area is 302 Å². The molecule has 0 fully saturated rings. The minimum atomic E-state index is -1.72. The van der Waals surface area contributed by atoms with E-state index in [1.54, 1.807) is 0 Å². The Hall–Kier alpha value is -4.61. The normalized spacial score (nSPS) is 11.5. The van der Waals surface area contributed by atoms with Crippen molar-refractivity contribution in [3.63, 3.8) is 0 Å². The van der Waals surface area contributed by atoms with Crippen molar-refractivity contribution in [2.24, 2.45) is 0 Å². The second kappa shape index (κ2) is 13.4. The summed E-state index contributed by atoms with van der Waals surface area (Å²) < 4.78 is 7.92. The molecule has 3 heterocycles. The van der Waals surface area contributed by atoms with Gasteiger partial charge in [-0.05, 0) is 63.1 Å². The number of rotatable bonds is 3. The van der Waals surface area contributed by atoms with Gasteiger partial charge in [0, 0.05) is 31.7 Å². The molecule has 3 nitrogen and oxygen atoms in total. The fourth-order valence-corrected chi connectivity index (χ4v) is 8.72. The summed E-state index contributed by atoms with van der Waals surface area (Å²) in [5, 5.41) is 9.73.